The van der Waals surface area contributed by atoms with Crippen LogP contribution >= 0.6 is 11.6 Å². The van der Waals surface area contributed by atoms with Gasteiger partial charge in [0.2, 0.25) is 5.91 Å². The maximum Gasteiger partial charge on any atom is 0.227 e. The Balaban J connectivity index is 1.34. The second kappa shape index (κ2) is 7.80. The molecule has 6 nitrogen and oxygen atoms in total. The van der Waals surface area contributed by atoms with Crippen molar-refractivity contribution in [1.82, 2.24) is 14.5 Å². The van der Waals surface area contributed by atoms with E-state index in [1.165, 1.54) is 0 Å². The van der Waals surface area contributed by atoms with Gasteiger partial charge in [-0.3, -0.25) is 4.79 Å². The van der Waals surface area contributed by atoms with Gasteiger partial charge in [0.05, 0.1) is 6.42 Å². The molecular weight excluding hydrogens is 366 g/mol. The van der Waals surface area contributed by atoms with Crippen LogP contribution < -0.4 is 9.47 Å². The Kier molecular flexibility index (Phi) is 5.25. The van der Waals surface area contributed by atoms with Gasteiger partial charge in [-0.2, -0.15) is 0 Å². The van der Waals surface area contributed by atoms with Crippen LogP contribution in [-0.4, -0.2) is 46.7 Å². The quantitative estimate of drug-likeness (QED) is 0.806. The van der Waals surface area contributed by atoms with E-state index in [0.29, 0.717) is 42.1 Å². The molecule has 0 saturated carbocycles. The van der Waals surface area contributed by atoms with E-state index in [0.717, 1.165) is 43.9 Å². The van der Waals surface area contributed by atoms with Gasteiger partial charge in [0, 0.05) is 43.1 Å². The number of piperidine rings is 1. The Labute approximate surface area is 164 Å². The number of hydrogen-bond acceptors (Lipinski definition) is 4. The zero-order chi connectivity index (χ0) is 18.8. The summed E-state index contributed by atoms with van der Waals surface area (Å²) in [5.41, 5.74) is 0.794. The molecule has 0 atom stereocenters. The number of aryl methyl sites for hydroxylation is 1. The van der Waals surface area contributed by atoms with Gasteiger partial charge in [0.15, 0.2) is 11.5 Å². The van der Waals surface area contributed by atoms with Gasteiger partial charge in [-0.05, 0) is 37.3 Å². The van der Waals surface area contributed by atoms with E-state index in [1.807, 2.05) is 30.3 Å². The number of fused-ring (bicyclic) bond motifs is 1. The predicted molar refractivity (Wildman–Crippen MR) is 102 cm³/mol. The third kappa shape index (κ3) is 4.05. The second-order valence-electron chi connectivity index (χ2n) is 7.22. The smallest absolute Gasteiger partial charge is 0.227 e. The van der Waals surface area contributed by atoms with E-state index in [2.05, 4.69) is 9.55 Å². The Morgan fingerprint density at radius 1 is 1.22 bits per heavy atom. The van der Waals surface area contributed by atoms with Gasteiger partial charge in [0.1, 0.15) is 19.0 Å². The summed E-state index contributed by atoms with van der Waals surface area (Å²) in [5, 5.41) is 0.554. The van der Waals surface area contributed by atoms with Crippen LogP contribution in [0.2, 0.25) is 5.02 Å². The number of imidazole rings is 1. The highest BCUT2D eigenvalue weighted by Gasteiger charge is 2.24. The number of amides is 1. The van der Waals surface area contributed by atoms with Crippen molar-refractivity contribution < 1.29 is 14.3 Å². The van der Waals surface area contributed by atoms with E-state index in [1.54, 1.807) is 6.07 Å². The highest BCUT2D eigenvalue weighted by Crippen LogP contribution is 2.35. The standard InChI is InChI=1S/C20H24ClN3O3/c1-14-22-4-7-24(14)13-15-2-5-23(6-3-15)20(25)11-16-10-18-19(12-17(16)21)27-9-8-26-18/h4,7,10,12,15H,2-3,5-6,8-9,11,13H2,1H3. The lowest BCUT2D eigenvalue weighted by atomic mass is 9.96. The first-order chi connectivity index (χ1) is 13.1. The number of carbonyl (C=O) groups excluding carboxylic acids is 1. The molecule has 0 unspecified atom stereocenters. The summed E-state index contributed by atoms with van der Waals surface area (Å²) >= 11 is 6.35. The predicted octanol–water partition coefficient (Wildman–Crippen LogP) is 3.10. The fourth-order valence-electron chi connectivity index (χ4n) is 3.76. The maximum atomic E-state index is 12.7. The number of likely N-dealkylation sites (tertiary alicyclic amines) is 1. The SMILES string of the molecule is Cc1nccn1CC1CCN(C(=O)Cc2cc3c(cc2Cl)OCCO3)CC1. The van der Waals surface area contributed by atoms with E-state index in [4.69, 9.17) is 21.1 Å². The molecule has 2 aliphatic heterocycles. The first kappa shape index (κ1) is 18.2. The first-order valence-electron chi connectivity index (χ1n) is 9.43. The molecule has 1 amide bonds. The zero-order valence-corrected chi connectivity index (χ0v) is 16.2. The van der Waals surface area contributed by atoms with Gasteiger partial charge in [-0.15, -0.1) is 0 Å². The maximum absolute atomic E-state index is 12.7. The molecule has 7 heteroatoms. The molecule has 1 saturated heterocycles. The lowest BCUT2D eigenvalue weighted by Gasteiger charge is -2.32. The molecular formula is C20H24ClN3O3. The minimum absolute atomic E-state index is 0.117. The van der Waals surface area contributed by atoms with Gasteiger partial charge >= 0.3 is 0 Å². The summed E-state index contributed by atoms with van der Waals surface area (Å²) in [7, 11) is 0. The van der Waals surface area contributed by atoms with Crippen molar-refractivity contribution in [1.29, 1.82) is 0 Å². The molecule has 0 aliphatic carbocycles. The summed E-state index contributed by atoms with van der Waals surface area (Å²) in [6.45, 7) is 5.62. The van der Waals surface area contributed by atoms with Crippen LogP contribution in [0.25, 0.3) is 0 Å². The fraction of sp³-hybridized carbons (Fsp3) is 0.500. The Hall–Kier alpha value is -2.21. The van der Waals surface area contributed by atoms with E-state index in [9.17, 15) is 4.79 Å². The van der Waals surface area contributed by atoms with Crippen LogP contribution in [0.4, 0.5) is 0 Å². The number of carbonyl (C=O) groups is 1. The van der Waals surface area contributed by atoms with Crippen molar-refractivity contribution >= 4 is 17.5 Å². The first-order valence-corrected chi connectivity index (χ1v) is 9.81. The normalized spacial score (nSPS) is 17.2. The number of nitrogens with zero attached hydrogens (tertiary/aromatic N) is 3. The number of halogens is 1. The molecule has 27 heavy (non-hydrogen) atoms. The molecule has 1 aromatic carbocycles. The second-order valence-corrected chi connectivity index (χ2v) is 7.62. The summed E-state index contributed by atoms with van der Waals surface area (Å²) in [4.78, 5) is 19.0. The Morgan fingerprint density at radius 3 is 2.59 bits per heavy atom. The minimum Gasteiger partial charge on any atom is -0.486 e. The van der Waals surface area contributed by atoms with Crippen LogP contribution in [0, 0.1) is 12.8 Å². The van der Waals surface area contributed by atoms with Gasteiger partial charge in [-0.25, -0.2) is 4.98 Å². The van der Waals surface area contributed by atoms with E-state index >= 15 is 0 Å². The number of hydrogen-bond donors (Lipinski definition) is 0. The average Bonchev–Trinajstić information content (AvgIpc) is 3.07. The number of aromatic nitrogens is 2. The van der Waals surface area contributed by atoms with Crippen molar-refractivity contribution in [3.05, 3.63) is 40.9 Å². The fourth-order valence-corrected chi connectivity index (χ4v) is 3.98. The third-order valence-corrected chi connectivity index (χ3v) is 5.75. The minimum atomic E-state index is 0.117. The van der Waals surface area contributed by atoms with Crippen LogP contribution in [0.3, 0.4) is 0 Å². The molecule has 0 bridgehead atoms. The lowest BCUT2D eigenvalue weighted by molar-refractivity contribution is -0.131. The summed E-state index contributed by atoms with van der Waals surface area (Å²) < 4.78 is 13.3. The van der Waals surface area contributed by atoms with Crippen LogP contribution in [0.15, 0.2) is 24.5 Å². The van der Waals surface area contributed by atoms with Crippen molar-refractivity contribution in [3.8, 4) is 11.5 Å². The van der Waals surface area contributed by atoms with Gasteiger partial charge in [-0.1, -0.05) is 11.6 Å². The highest BCUT2D eigenvalue weighted by molar-refractivity contribution is 6.31. The molecule has 4 rings (SSSR count). The largest absolute Gasteiger partial charge is 0.486 e. The zero-order valence-electron chi connectivity index (χ0n) is 15.5. The summed E-state index contributed by atoms with van der Waals surface area (Å²) in [6, 6.07) is 3.58. The van der Waals surface area contributed by atoms with Crippen molar-refractivity contribution in [3.63, 3.8) is 0 Å². The Bertz CT molecular complexity index is 828. The van der Waals surface area contributed by atoms with Gasteiger partial charge in [0.25, 0.3) is 0 Å². The summed E-state index contributed by atoms with van der Waals surface area (Å²) in [6.07, 6.45) is 6.18. The lowest BCUT2D eigenvalue weighted by Crippen LogP contribution is -2.40. The molecule has 0 radical (unpaired) electrons. The van der Waals surface area contributed by atoms with Crippen LogP contribution in [-0.2, 0) is 17.8 Å². The van der Waals surface area contributed by atoms with E-state index < -0.39 is 0 Å². The number of benzene rings is 1. The monoisotopic (exact) mass is 389 g/mol. The van der Waals surface area contributed by atoms with Gasteiger partial charge < -0.3 is 18.9 Å². The molecule has 0 N–H and O–H groups in total. The number of rotatable bonds is 4. The van der Waals surface area contributed by atoms with Crippen molar-refractivity contribution in [2.45, 2.75) is 32.7 Å². The molecule has 3 heterocycles. The topological polar surface area (TPSA) is 56.6 Å². The van der Waals surface area contributed by atoms with Crippen molar-refractivity contribution in [2.24, 2.45) is 5.92 Å². The van der Waals surface area contributed by atoms with Crippen LogP contribution in [0.5, 0.6) is 11.5 Å². The third-order valence-electron chi connectivity index (χ3n) is 5.40. The molecule has 1 fully saturated rings. The highest BCUT2D eigenvalue weighted by atomic mass is 35.5. The average molecular weight is 390 g/mol. The molecule has 2 aliphatic rings. The van der Waals surface area contributed by atoms with Crippen molar-refractivity contribution in [2.75, 3.05) is 26.3 Å². The van der Waals surface area contributed by atoms with Crippen LogP contribution in [0.1, 0.15) is 24.2 Å². The molecule has 2 aromatic rings. The Morgan fingerprint density at radius 2 is 1.93 bits per heavy atom. The molecule has 1 aromatic heterocycles. The molecule has 144 valence electrons. The van der Waals surface area contributed by atoms with E-state index in [-0.39, 0.29) is 5.91 Å². The molecule has 0 spiro atoms. The summed E-state index contributed by atoms with van der Waals surface area (Å²) in [5.74, 6) is 3.06. The number of ether oxygens (including phenoxy) is 2.